The molecule has 1 aliphatic rings. The first-order valence-corrected chi connectivity index (χ1v) is 10.4. The molecule has 5 nitrogen and oxygen atoms in total. The van der Waals surface area contributed by atoms with Crippen LogP contribution in [0.25, 0.3) is 10.9 Å². The minimum atomic E-state index is -0.308. The van der Waals surface area contributed by atoms with Crippen molar-refractivity contribution in [3.8, 4) is 0 Å². The third-order valence-electron chi connectivity index (χ3n) is 5.97. The SMILES string of the molecule is C[C@H](NC(=O)CN1C(=O)c2ccccc2[C@H]1c1c[nH]c2ccccc12)c1ccccc1. The van der Waals surface area contributed by atoms with E-state index in [0.717, 1.165) is 27.6 Å². The standard InChI is InChI=1S/C26H23N3O2/c1-17(18-9-3-2-4-10-18)28-24(30)16-29-25(20-12-5-6-13-21(20)26(29)31)22-15-27-23-14-8-7-11-19(22)23/h2-15,17,25,27H,16H2,1H3,(H,28,30)/t17-,25-/m0/s1. The molecule has 0 unspecified atom stereocenters. The number of nitrogens with one attached hydrogen (secondary N) is 2. The molecule has 0 fully saturated rings. The number of amides is 2. The third-order valence-corrected chi connectivity index (χ3v) is 5.97. The van der Waals surface area contributed by atoms with Gasteiger partial charge in [0.2, 0.25) is 5.91 Å². The summed E-state index contributed by atoms with van der Waals surface area (Å²) in [5, 5.41) is 4.09. The molecule has 0 spiro atoms. The molecule has 0 aliphatic carbocycles. The van der Waals surface area contributed by atoms with Crippen molar-refractivity contribution in [3.63, 3.8) is 0 Å². The third kappa shape index (κ3) is 3.38. The molecule has 0 saturated heterocycles. The summed E-state index contributed by atoms with van der Waals surface area (Å²) in [6.45, 7) is 1.94. The van der Waals surface area contributed by atoms with Gasteiger partial charge in [0.15, 0.2) is 0 Å². The van der Waals surface area contributed by atoms with Crippen LogP contribution in [0.4, 0.5) is 0 Å². The van der Waals surface area contributed by atoms with Crippen molar-refractivity contribution < 1.29 is 9.59 Å². The van der Waals surface area contributed by atoms with E-state index in [-0.39, 0.29) is 30.4 Å². The van der Waals surface area contributed by atoms with Gasteiger partial charge < -0.3 is 15.2 Å². The molecule has 0 saturated carbocycles. The van der Waals surface area contributed by atoms with Crippen LogP contribution in [0.5, 0.6) is 0 Å². The molecule has 2 amide bonds. The second-order valence-corrected chi connectivity index (χ2v) is 7.91. The van der Waals surface area contributed by atoms with E-state index >= 15 is 0 Å². The largest absolute Gasteiger partial charge is 0.361 e. The van der Waals surface area contributed by atoms with Crippen LogP contribution in [0.3, 0.4) is 0 Å². The normalized spacial score (nSPS) is 16.4. The number of carbonyl (C=O) groups excluding carboxylic acids is 2. The Morgan fingerprint density at radius 1 is 0.968 bits per heavy atom. The molecule has 2 atom stereocenters. The molecule has 0 bridgehead atoms. The molecule has 154 valence electrons. The Morgan fingerprint density at radius 2 is 1.68 bits per heavy atom. The Bertz CT molecular complexity index is 1260. The number of fused-ring (bicyclic) bond motifs is 2. The highest BCUT2D eigenvalue weighted by Gasteiger charge is 2.39. The van der Waals surface area contributed by atoms with Gasteiger partial charge in [-0.15, -0.1) is 0 Å². The summed E-state index contributed by atoms with van der Waals surface area (Å²) in [6.07, 6.45) is 1.95. The van der Waals surface area contributed by atoms with E-state index in [4.69, 9.17) is 0 Å². The smallest absolute Gasteiger partial charge is 0.255 e. The maximum absolute atomic E-state index is 13.3. The maximum Gasteiger partial charge on any atom is 0.255 e. The highest BCUT2D eigenvalue weighted by atomic mass is 16.2. The number of hydrogen-bond donors (Lipinski definition) is 2. The fourth-order valence-electron chi connectivity index (χ4n) is 4.46. The molecule has 1 aliphatic heterocycles. The molecular weight excluding hydrogens is 386 g/mol. The molecule has 2 heterocycles. The lowest BCUT2D eigenvalue weighted by molar-refractivity contribution is -0.122. The Balaban J connectivity index is 1.47. The van der Waals surface area contributed by atoms with Gasteiger partial charge in [-0.2, -0.15) is 0 Å². The van der Waals surface area contributed by atoms with E-state index in [1.165, 1.54) is 0 Å². The van der Waals surface area contributed by atoms with Crippen LogP contribution >= 0.6 is 0 Å². The number of aromatic amines is 1. The zero-order valence-corrected chi connectivity index (χ0v) is 17.2. The number of rotatable bonds is 5. The van der Waals surface area contributed by atoms with Gasteiger partial charge in [0, 0.05) is 28.2 Å². The zero-order chi connectivity index (χ0) is 21.4. The molecule has 5 rings (SSSR count). The van der Waals surface area contributed by atoms with Gasteiger partial charge in [0.25, 0.3) is 5.91 Å². The molecule has 31 heavy (non-hydrogen) atoms. The molecular formula is C26H23N3O2. The van der Waals surface area contributed by atoms with E-state index in [0.29, 0.717) is 5.56 Å². The second kappa shape index (κ2) is 7.76. The van der Waals surface area contributed by atoms with Crippen molar-refractivity contribution in [1.29, 1.82) is 0 Å². The summed E-state index contributed by atoms with van der Waals surface area (Å²) in [5.41, 5.74) is 4.62. The first-order chi connectivity index (χ1) is 15.1. The average Bonchev–Trinajstić information content (AvgIpc) is 3.33. The lowest BCUT2D eigenvalue weighted by Crippen LogP contribution is -2.40. The van der Waals surface area contributed by atoms with E-state index in [1.807, 2.05) is 92.0 Å². The summed E-state index contributed by atoms with van der Waals surface area (Å²) in [5.74, 6) is -0.296. The van der Waals surface area contributed by atoms with Gasteiger partial charge in [-0.25, -0.2) is 0 Å². The number of carbonyl (C=O) groups is 2. The molecule has 1 aromatic heterocycles. The monoisotopic (exact) mass is 409 g/mol. The fourth-order valence-corrected chi connectivity index (χ4v) is 4.46. The van der Waals surface area contributed by atoms with Crippen LogP contribution < -0.4 is 5.32 Å². The van der Waals surface area contributed by atoms with Crippen molar-refractivity contribution >= 4 is 22.7 Å². The number of nitrogens with zero attached hydrogens (tertiary/aromatic N) is 1. The highest BCUT2D eigenvalue weighted by molar-refractivity contribution is 6.02. The highest BCUT2D eigenvalue weighted by Crippen LogP contribution is 2.40. The second-order valence-electron chi connectivity index (χ2n) is 7.91. The average molecular weight is 409 g/mol. The van der Waals surface area contributed by atoms with Crippen molar-refractivity contribution in [1.82, 2.24) is 15.2 Å². The van der Waals surface area contributed by atoms with E-state index in [9.17, 15) is 9.59 Å². The number of hydrogen-bond acceptors (Lipinski definition) is 2. The van der Waals surface area contributed by atoms with Crippen molar-refractivity contribution in [2.45, 2.75) is 19.0 Å². The minimum Gasteiger partial charge on any atom is -0.361 e. The fraction of sp³-hybridized carbons (Fsp3) is 0.154. The first kappa shape index (κ1) is 19.1. The molecule has 2 N–H and O–H groups in total. The maximum atomic E-state index is 13.3. The first-order valence-electron chi connectivity index (χ1n) is 10.4. The number of H-pyrrole nitrogens is 1. The summed E-state index contributed by atoms with van der Waals surface area (Å²) < 4.78 is 0. The van der Waals surface area contributed by atoms with Crippen LogP contribution in [0.15, 0.2) is 85.1 Å². The number of aromatic nitrogens is 1. The Labute approximate surface area is 180 Å². The molecule has 5 heteroatoms. The van der Waals surface area contributed by atoms with Crippen molar-refractivity contribution in [2.75, 3.05) is 6.54 Å². The van der Waals surface area contributed by atoms with Crippen LogP contribution in [-0.2, 0) is 4.79 Å². The van der Waals surface area contributed by atoms with Crippen LogP contribution in [0.2, 0.25) is 0 Å². The Hall–Kier alpha value is -3.86. The van der Waals surface area contributed by atoms with Gasteiger partial charge in [0.1, 0.15) is 6.54 Å². The van der Waals surface area contributed by atoms with Crippen LogP contribution in [0.1, 0.15) is 46.1 Å². The summed E-state index contributed by atoms with van der Waals surface area (Å²) in [4.78, 5) is 31.2. The van der Waals surface area contributed by atoms with Crippen molar-refractivity contribution in [3.05, 3.63) is 107 Å². The minimum absolute atomic E-state index is 0.00510. The quantitative estimate of drug-likeness (QED) is 0.506. The Kier molecular flexibility index (Phi) is 4.79. The summed E-state index contributed by atoms with van der Waals surface area (Å²) in [7, 11) is 0. The van der Waals surface area contributed by atoms with Gasteiger partial charge >= 0.3 is 0 Å². The van der Waals surface area contributed by atoms with E-state index < -0.39 is 0 Å². The predicted molar refractivity (Wildman–Crippen MR) is 121 cm³/mol. The predicted octanol–water partition coefficient (Wildman–Crippen LogP) is 4.59. The zero-order valence-electron chi connectivity index (χ0n) is 17.2. The number of benzene rings is 3. The van der Waals surface area contributed by atoms with E-state index in [2.05, 4.69) is 10.3 Å². The molecule has 4 aromatic rings. The van der Waals surface area contributed by atoms with Crippen LogP contribution in [-0.4, -0.2) is 28.2 Å². The van der Waals surface area contributed by atoms with Gasteiger partial charge in [-0.05, 0) is 30.2 Å². The number of para-hydroxylation sites is 1. The van der Waals surface area contributed by atoms with E-state index in [1.54, 1.807) is 4.90 Å². The molecule has 0 radical (unpaired) electrons. The summed E-state index contributed by atoms with van der Waals surface area (Å²) in [6, 6.07) is 25.0. The van der Waals surface area contributed by atoms with Gasteiger partial charge in [0.05, 0.1) is 12.1 Å². The summed E-state index contributed by atoms with van der Waals surface area (Å²) >= 11 is 0. The topological polar surface area (TPSA) is 65.2 Å². The lowest BCUT2D eigenvalue weighted by atomic mass is 9.97. The van der Waals surface area contributed by atoms with Crippen LogP contribution in [0, 0.1) is 0 Å². The Morgan fingerprint density at radius 3 is 2.52 bits per heavy atom. The van der Waals surface area contributed by atoms with Gasteiger partial charge in [-0.3, -0.25) is 9.59 Å². The lowest BCUT2D eigenvalue weighted by Gasteiger charge is -2.26. The van der Waals surface area contributed by atoms with Crippen molar-refractivity contribution in [2.24, 2.45) is 0 Å². The molecule has 3 aromatic carbocycles. The van der Waals surface area contributed by atoms with Gasteiger partial charge in [-0.1, -0.05) is 66.7 Å².